The second-order valence-corrected chi connectivity index (χ2v) is 5.96. The summed E-state index contributed by atoms with van der Waals surface area (Å²) >= 11 is 3.40. The molecule has 0 heterocycles. The molecule has 2 rings (SSSR count). The van der Waals surface area contributed by atoms with Crippen LogP contribution in [-0.4, -0.2) is 5.91 Å². The molecule has 2 aromatic carbocycles. The molecule has 4 nitrogen and oxygen atoms in total. The van der Waals surface area contributed by atoms with E-state index in [9.17, 15) is 10.1 Å². The van der Waals surface area contributed by atoms with Crippen molar-refractivity contribution in [2.75, 3.05) is 10.6 Å². The summed E-state index contributed by atoms with van der Waals surface area (Å²) in [5.74, 6) is -0.441. The Kier molecular flexibility index (Phi) is 5.56. The Morgan fingerprint density at radius 2 is 1.87 bits per heavy atom. The summed E-state index contributed by atoms with van der Waals surface area (Å²) in [5, 5.41) is 15.0. The van der Waals surface area contributed by atoms with Gasteiger partial charge in [0.2, 0.25) is 0 Å². The van der Waals surface area contributed by atoms with Gasteiger partial charge in [0.15, 0.2) is 0 Å². The lowest BCUT2D eigenvalue weighted by molar-refractivity contribution is -0.112. The third-order valence-electron chi connectivity index (χ3n) is 3.32. The molecule has 0 bridgehead atoms. The van der Waals surface area contributed by atoms with Crippen LogP contribution in [-0.2, 0) is 4.79 Å². The number of hydrogen-bond acceptors (Lipinski definition) is 3. The maximum absolute atomic E-state index is 12.2. The van der Waals surface area contributed by atoms with Crippen molar-refractivity contribution in [2.24, 2.45) is 0 Å². The first kappa shape index (κ1) is 16.8. The summed E-state index contributed by atoms with van der Waals surface area (Å²) < 4.78 is 0.974. The molecule has 0 radical (unpaired) electrons. The van der Waals surface area contributed by atoms with Crippen molar-refractivity contribution in [3.8, 4) is 6.07 Å². The van der Waals surface area contributed by atoms with Gasteiger partial charge in [0, 0.05) is 22.0 Å². The highest BCUT2D eigenvalue weighted by molar-refractivity contribution is 9.10. The van der Waals surface area contributed by atoms with E-state index in [-0.39, 0.29) is 5.57 Å². The SMILES string of the molecule is Cc1cc(Br)ccc1N/C=C(/C#N)C(=O)Nc1ccccc1C. The lowest BCUT2D eigenvalue weighted by Crippen LogP contribution is -2.15. The van der Waals surface area contributed by atoms with Crippen molar-refractivity contribution in [1.82, 2.24) is 0 Å². The smallest absolute Gasteiger partial charge is 0.267 e. The Labute approximate surface area is 144 Å². The maximum atomic E-state index is 12.2. The first-order chi connectivity index (χ1) is 11.0. The summed E-state index contributed by atoms with van der Waals surface area (Å²) in [4.78, 5) is 12.2. The Hall–Kier alpha value is -2.58. The first-order valence-corrected chi connectivity index (χ1v) is 7.80. The molecule has 0 aliphatic rings. The topological polar surface area (TPSA) is 64.9 Å². The quantitative estimate of drug-likeness (QED) is 0.614. The average Bonchev–Trinajstić information content (AvgIpc) is 2.52. The number of rotatable bonds is 4. The normalized spacial score (nSPS) is 10.8. The fraction of sp³-hybridized carbons (Fsp3) is 0.111. The highest BCUT2D eigenvalue weighted by Gasteiger charge is 2.10. The molecule has 0 aliphatic heterocycles. The van der Waals surface area contributed by atoms with Crippen LogP contribution in [0.15, 0.2) is 58.7 Å². The molecule has 1 amide bonds. The molecule has 23 heavy (non-hydrogen) atoms. The zero-order valence-corrected chi connectivity index (χ0v) is 14.4. The Morgan fingerprint density at radius 1 is 1.13 bits per heavy atom. The van der Waals surface area contributed by atoms with Gasteiger partial charge in [-0.2, -0.15) is 5.26 Å². The molecule has 116 valence electrons. The molecule has 2 N–H and O–H groups in total. The van der Waals surface area contributed by atoms with Crippen LogP contribution in [0.1, 0.15) is 11.1 Å². The number of para-hydroxylation sites is 1. The van der Waals surface area contributed by atoms with Crippen molar-refractivity contribution in [2.45, 2.75) is 13.8 Å². The maximum Gasteiger partial charge on any atom is 0.267 e. The minimum absolute atomic E-state index is 0.00979. The van der Waals surface area contributed by atoms with Crippen LogP contribution in [0.3, 0.4) is 0 Å². The second kappa shape index (κ2) is 7.61. The molecule has 0 saturated carbocycles. The van der Waals surface area contributed by atoms with Crippen molar-refractivity contribution < 1.29 is 4.79 Å². The monoisotopic (exact) mass is 369 g/mol. The number of nitrogens with zero attached hydrogens (tertiary/aromatic N) is 1. The van der Waals surface area contributed by atoms with E-state index < -0.39 is 5.91 Å². The van der Waals surface area contributed by atoms with Gasteiger partial charge in [0.1, 0.15) is 11.6 Å². The molecule has 0 aliphatic carbocycles. The second-order valence-electron chi connectivity index (χ2n) is 5.04. The van der Waals surface area contributed by atoms with Gasteiger partial charge in [-0.15, -0.1) is 0 Å². The Balaban J connectivity index is 2.14. The summed E-state index contributed by atoms with van der Waals surface area (Å²) in [7, 11) is 0. The van der Waals surface area contributed by atoms with E-state index >= 15 is 0 Å². The van der Waals surface area contributed by atoms with Gasteiger partial charge in [-0.25, -0.2) is 0 Å². The molecule has 0 saturated heterocycles. The molecule has 2 aromatic rings. The van der Waals surface area contributed by atoms with Crippen LogP contribution in [0.4, 0.5) is 11.4 Å². The number of amides is 1. The molecular formula is C18H16BrN3O. The third kappa shape index (κ3) is 4.44. The fourth-order valence-electron chi connectivity index (χ4n) is 1.99. The molecule has 5 heteroatoms. The van der Waals surface area contributed by atoms with E-state index in [0.29, 0.717) is 5.69 Å². The van der Waals surface area contributed by atoms with Gasteiger partial charge in [0.05, 0.1) is 0 Å². The summed E-state index contributed by atoms with van der Waals surface area (Å²) in [6.45, 7) is 3.84. The minimum atomic E-state index is -0.441. The zero-order valence-electron chi connectivity index (χ0n) is 12.9. The number of benzene rings is 2. The van der Waals surface area contributed by atoms with Crippen LogP contribution in [0.2, 0.25) is 0 Å². The molecule has 0 aromatic heterocycles. The summed E-state index contributed by atoms with van der Waals surface area (Å²) in [6.07, 6.45) is 1.42. The number of carbonyl (C=O) groups is 1. The number of halogens is 1. The number of hydrogen-bond donors (Lipinski definition) is 2. The van der Waals surface area contributed by atoms with Gasteiger partial charge in [-0.05, 0) is 49.2 Å². The van der Waals surface area contributed by atoms with E-state index in [1.807, 2.05) is 56.3 Å². The van der Waals surface area contributed by atoms with Crippen LogP contribution in [0.25, 0.3) is 0 Å². The minimum Gasteiger partial charge on any atom is -0.360 e. The van der Waals surface area contributed by atoms with E-state index in [1.165, 1.54) is 6.20 Å². The molecule has 0 unspecified atom stereocenters. The van der Waals surface area contributed by atoms with Crippen LogP contribution in [0.5, 0.6) is 0 Å². The highest BCUT2D eigenvalue weighted by Crippen LogP contribution is 2.20. The van der Waals surface area contributed by atoms with Gasteiger partial charge >= 0.3 is 0 Å². The van der Waals surface area contributed by atoms with Crippen molar-refractivity contribution in [3.05, 3.63) is 69.8 Å². The lowest BCUT2D eigenvalue weighted by atomic mass is 10.2. The van der Waals surface area contributed by atoms with Gasteiger partial charge in [-0.1, -0.05) is 34.1 Å². The lowest BCUT2D eigenvalue weighted by Gasteiger charge is -2.09. The van der Waals surface area contributed by atoms with E-state index in [0.717, 1.165) is 21.3 Å². The molecule has 0 fully saturated rings. The van der Waals surface area contributed by atoms with Crippen LogP contribution in [0, 0.1) is 25.2 Å². The number of nitrogens with one attached hydrogen (secondary N) is 2. The standard InChI is InChI=1S/C18H16BrN3O/c1-12-5-3-4-6-17(12)22-18(23)14(10-20)11-21-16-8-7-15(19)9-13(16)2/h3-9,11,21H,1-2H3,(H,22,23)/b14-11-. The molecule has 0 spiro atoms. The number of carbonyl (C=O) groups excluding carboxylic acids is 1. The van der Waals surface area contributed by atoms with E-state index in [1.54, 1.807) is 6.07 Å². The Morgan fingerprint density at radius 3 is 2.52 bits per heavy atom. The molecular weight excluding hydrogens is 354 g/mol. The fourth-order valence-corrected chi connectivity index (χ4v) is 2.47. The van der Waals surface area contributed by atoms with Crippen molar-refractivity contribution >= 4 is 33.2 Å². The number of anilines is 2. The van der Waals surface area contributed by atoms with Crippen molar-refractivity contribution in [1.29, 1.82) is 5.26 Å². The number of aryl methyl sites for hydroxylation is 2. The predicted octanol–water partition coefficient (Wildman–Crippen LogP) is 4.52. The average molecular weight is 370 g/mol. The van der Waals surface area contributed by atoms with Crippen LogP contribution < -0.4 is 10.6 Å². The zero-order chi connectivity index (χ0) is 16.8. The van der Waals surface area contributed by atoms with Gasteiger partial charge in [0.25, 0.3) is 5.91 Å². The van der Waals surface area contributed by atoms with Crippen LogP contribution >= 0.6 is 15.9 Å². The van der Waals surface area contributed by atoms with E-state index in [2.05, 4.69) is 26.6 Å². The first-order valence-electron chi connectivity index (χ1n) is 7.01. The summed E-state index contributed by atoms with van der Waals surface area (Å²) in [6, 6.07) is 15.1. The molecule has 0 atom stereocenters. The van der Waals surface area contributed by atoms with Gasteiger partial charge < -0.3 is 10.6 Å². The highest BCUT2D eigenvalue weighted by atomic mass is 79.9. The Bertz CT molecular complexity index is 806. The third-order valence-corrected chi connectivity index (χ3v) is 3.81. The van der Waals surface area contributed by atoms with Gasteiger partial charge in [-0.3, -0.25) is 4.79 Å². The number of nitriles is 1. The summed E-state index contributed by atoms with van der Waals surface area (Å²) in [5.41, 5.74) is 3.49. The van der Waals surface area contributed by atoms with Crippen molar-refractivity contribution in [3.63, 3.8) is 0 Å². The predicted molar refractivity (Wildman–Crippen MR) is 96.0 cm³/mol. The van der Waals surface area contributed by atoms with E-state index in [4.69, 9.17) is 0 Å². The largest absolute Gasteiger partial charge is 0.360 e.